The lowest BCUT2D eigenvalue weighted by molar-refractivity contribution is 0.301. The first-order valence-corrected chi connectivity index (χ1v) is 8.51. The largest absolute Gasteiger partial charge is 0.492 e. The van der Waals surface area contributed by atoms with Crippen molar-refractivity contribution < 1.29 is 4.74 Å². The molecule has 0 spiro atoms. The number of imidazole rings is 1. The first-order valence-electron chi connectivity index (χ1n) is 8.51. The van der Waals surface area contributed by atoms with Gasteiger partial charge in [0.1, 0.15) is 18.2 Å². The van der Waals surface area contributed by atoms with E-state index in [0.717, 1.165) is 34.7 Å². The van der Waals surface area contributed by atoms with Crippen molar-refractivity contribution in [3.8, 4) is 17.1 Å². The summed E-state index contributed by atoms with van der Waals surface area (Å²) in [7, 11) is 0. The molecule has 0 saturated heterocycles. The summed E-state index contributed by atoms with van der Waals surface area (Å²) in [5.74, 6) is 1.88. The minimum atomic E-state index is 0.600. The second kappa shape index (κ2) is 6.81. The number of para-hydroxylation sites is 2. The molecule has 0 atom stereocenters. The first-order chi connectivity index (χ1) is 12.3. The number of ether oxygens (including phenoxy) is 1. The lowest BCUT2D eigenvalue weighted by Crippen LogP contribution is -2.09. The second-order valence-electron chi connectivity index (χ2n) is 6.10. The van der Waals surface area contributed by atoms with E-state index in [4.69, 9.17) is 9.72 Å². The molecule has 0 amide bonds. The van der Waals surface area contributed by atoms with Crippen molar-refractivity contribution in [1.29, 1.82) is 0 Å². The van der Waals surface area contributed by atoms with Crippen molar-refractivity contribution in [3.63, 3.8) is 0 Å². The number of rotatable bonds is 5. The third-order valence-corrected chi connectivity index (χ3v) is 4.29. The summed E-state index contributed by atoms with van der Waals surface area (Å²) in [6, 6.07) is 26.7. The van der Waals surface area contributed by atoms with E-state index < -0.39 is 0 Å². The number of benzene rings is 3. The van der Waals surface area contributed by atoms with Crippen LogP contribution in [0.4, 0.5) is 0 Å². The monoisotopic (exact) mass is 328 g/mol. The quantitative estimate of drug-likeness (QED) is 0.510. The highest BCUT2D eigenvalue weighted by Gasteiger charge is 2.12. The van der Waals surface area contributed by atoms with E-state index in [9.17, 15) is 0 Å². The van der Waals surface area contributed by atoms with Gasteiger partial charge >= 0.3 is 0 Å². The Bertz CT molecular complexity index is 972. The number of aryl methyl sites for hydroxylation is 1. The Kier molecular flexibility index (Phi) is 4.21. The molecule has 124 valence electrons. The van der Waals surface area contributed by atoms with Crippen molar-refractivity contribution in [2.24, 2.45) is 0 Å². The maximum absolute atomic E-state index is 5.93. The fourth-order valence-corrected chi connectivity index (χ4v) is 3.00. The average Bonchev–Trinajstić information content (AvgIpc) is 3.03. The minimum Gasteiger partial charge on any atom is -0.492 e. The molecule has 0 bridgehead atoms. The molecule has 0 aliphatic carbocycles. The third kappa shape index (κ3) is 3.26. The highest BCUT2D eigenvalue weighted by molar-refractivity contribution is 5.80. The normalized spacial score (nSPS) is 10.9. The van der Waals surface area contributed by atoms with Crippen molar-refractivity contribution in [2.45, 2.75) is 13.5 Å². The van der Waals surface area contributed by atoms with Gasteiger partial charge in [0, 0.05) is 5.56 Å². The minimum absolute atomic E-state index is 0.600. The number of aromatic nitrogens is 2. The van der Waals surface area contributed by atoms with Crippen LogP contribution in [0.3, 0.4) is 0 Å². The SMILES string of the molecule is Cc1ccc(OCCn2c(-c3ccccc3)nc3ccccc32)cc1. The number of nitrogens with zero attached hydrogens (tertiary/aromatic N) is 2. The van der Waals surface area contributed by atoms with Crippen LogP contribution in [0, 0.1) is 6.92 Å². The van der Waals surface area contributed by atoms with Crippen LogP contribution in [0.25, 0.3) is 22.4 Å². The third-order valence-electron chi connectivity index (χ3n) is 4.29. The zero-order valence-electron chi connectivity index (χ0n) is 14.2. The van der Waals surface area contributed by atoms with E-state index in [1.54, 1.807) is 0 Å². The predicted molar refractivity (Wildman–Crippen MR) is 102 cm³/mol. The van der Waals surface area contributed by atoms with Crippen LogP contribution in [0.5, 0.6) is 5.75 Å². The van der Waals surface area contributed by atoms with Crippen LogP contribution in [0.2, 0.25) is 0 Å². The van der Waals surface area contributed by atoms with Crippen LogP contribution in [-0.2, 0) is 6.54 Å². The standard InChI is InChI=1S/C22H20N2O/c1-17-11-13-19(14-12-17)25-16-15-24-21-10-6-5-9-20(21)23-22(24)18-7-3-2-4-8-18/h2-14H,15-16H2,1H3. The lowest BCUT2D eigenvalue weighted by Gasteiger charge is -2.11. The molecule has 0 aliphatic heterocycles. The topological polar surface area (TPSA) is 27.1 Å². The van der Waals surface area contributed by atoms with Crippen molar-refractivity contribution in [3.05, 3.63) is 84.4 Å². The maximum Gasteiger partial charge on any atom is 0.141 e. The van der Waals surface area contributed by atoms with Crippen LogP contribution < -0.4 is 4.74 Å². The van der Waals surface area contributed by atoms with Gasteiger partial charge in [-0.05, 0) is 31.2 Å². The van der Waals surface area contributed by atoms with Gasteiger partial charge in [0.25, 0.3) is 0 Å². The molecule has 25 heavy (non-hydrogen) atoms. The Morgan fingerprint density at radius 3 is 2.36 bits per heavy atom. The molecule has 4 rings (SSSR count). The molecule has 3 nitrogen and oxygen atoms in total. The summed E-state index contributed by atoms with van der Waals surface area (Å²) in [6.07, 6.45) is 0. The highest BCUT2D eigenvalue weighted by atomic mass is 16.5. The first kappa shape index (κ1) is 15.5. The van der Waals surface area contributed by atoms with Crippen LogP contribution in [0.1, 0.15) is 5.56 Å². The fraction of sp³-hybridized carbons (Fsp3) is 0.136. The Hall–Kier alpha value is -3.07. The van der Waals surface area contributed by atoms with E-state index in [-0.39, 0.29) is 0 Å². The van der Waals surface area contributed by atoms with Gasteiger partial charge in [-0.2, -0.15) is 0 Å². The number of fused-ring (bicyclic) bond motifs is 1. The van der Waals surface area contributed by atoms with E-state index in [1.165, 1.54) is 5.56 Å². The molecule has 1 heterocycles. The van der Waals surface area contributed by atoms with Gasteiger partial charge in [0.05, 0.1) is 17.6 Å². The summed E-state index contributed by atoms with van der Waals surface area (Å²) >= 11 is 0. The molecular weight excluding hydrogens is 308 g/mol. The van der Waals surface area contributed by atoms with Gasteiger partial charge in [0.15, 0.2) is 0 Å². The molecule has 0 saturated carbocycles. The van der Waals surface area contributed by atoms with Crippen molar-refractivity contribution >= 4 is 11.0 Å². The van der Waals surface area contributed by atoms with Crippen LogP contribution in [-0.4, -0.2) is 16.2 Å². The molecule has 4 aromatic rings. The van der Waals surface area contributed by atoms with Gasteiger partial charge in [-0.15, -0.1) is 0 Å². The van der Waals surface area contributed by atoms with Gasteiger partial charge in [-0.25, -0.2) is 4.98 Å². The fourth-order valence-electron chi connectivity index (χ4n) is 3.00. The Balaban J connectivity index is 1.62. The summed E-state index contributed by atoms with van der Waals surface area (Å²) in [5.41, 5.74) is 4.50. The molecule has 3 heteroatoms. The van der Waals surface area contributed by atoms with Gasteiger partial charge in [-0.3, -0.25) is 0 Å². The molecule has 0 radical (unpaired) electrons. The van der Waals surface area contributed by atoms with E-state index >= 15 is 0 Å². The Morgan fingerprint density at radius 1 is 0.840 bits per heavy atom. The highest BCUT2D eigenvalue weighted by Crippen LogP contribution is 2.24. The molecular formula is C22H20N2O. The molecule has 1 aromatic heterocycles. The van der Waals surface area contributed by atoms with E-state index in [2.05, 4.69) is 54.0 Å². The predicted octanol–water partition coefficient (Wildman–Crippen LogP) is 5.09. The molecule has 0 aliphatic rings. The Morgan fingerprint density at radius 2 is 1.56 bits per heavy atom. The van der Waals surface area contributed by atoms with Crippen LogP contribution in [0.15, 0.2) is 78.9 Å². The zero-order chi connectivity index (χ0) is 17.1. The smallest absolute Gasteiger partial charge is 0.141 e. The van der Waals surface area contributed by atoms with Crippen molar-refractivity contribution in [1.82, 2.24) is 9.55 Å². The lowest BCUT2D eigenvalue weighted by atomic mass is 10.2. The van der Waals surface area contributed by atoms with Crippen LogP contribution >= 0.6 is 0 Å². The second-order valence-corrected chi connectivity index (χ2v) is 6.10. The molecule has 3 aromatic carbocycles. The van der Waals surface area contributed by atoms with Gasteiger partial charge in [0.2, 0.25) is 0 Å². The summed E-state index contributed by atoms with van der Waals surface area (Å²) in [6.45, 7) is 3.43. The maximum atomic E-state index is 5.93. The van der Waals surface area contributed by atoms with Gasteiger partial charge in [-0.1, -0.05) is 60.2 Å². The molecule has 0 fully saturated rings. The average molecular weight is 328 g/mol. The van der Waals surface area contributed by atoms with Gasteiger partial charge < -0.3 is 9.30 Å². The summed E-state index contributed by atoms with van der Waals surface area (Å²) < 4.78 is 8.16. The number of hydrogen-bond donors (Lipinski definition) is 0. The summed E-state index contributed by atoms with van der Waals surface area (Å²) in [5, 5.41) is 0. The van der Waals surface area contributed by atoms with E-state index in [1.807, 2.05) is 36.4 Å². The number of hydrogen-bond acceptors (Lipinski definition) is 2. The van der Waals surface area contributed by atoms with Crippen molar-refractivity contribution in [2.75, 3.05) is 6.61 Å². The summed E-state index contributed by atoms with van der Waals surface area (Å²) in [4.78, 5) is 4.83. The van der Waals surface area contributed by atoms with E-state index in [0.29, 0.717) is 6.61 Å². The molecule has 0 N–H and O–H groups in total. The zero-order valence-corrected chi connectivity index (χ0v) is 14.2. The molecule has 0 unspecified atom stereocenters. The Labute approximate surface area is 147 Å².